The monoisotopic (exact) mass is 730 g/mol. The second kappa shape index (κ2) is 17.1. The lowest BCUT2D eigenvalue weighted by Gasteiger charge is -2.49. The number of phenols is 1. The van der Waals surface area contributed by atoms with Gasteiger partial charge in [0.2, 0.25) is 0 Å². The van der Waals surface area contributed by atoms with Crippen LogP contribution in [0.25, 0.3) is 11.8 Å². The van der Waals surface area contributed by atoms with Crippen molar-refractivity contribution in [3.63, 3.8) is 0 Å². The number of aliphatic hydroxyl groups excluding tert-OH is 3. The van der Waals surface area contributed by atoms with Crippen molar-refractivity contribution in [1.82, 2.24) is 0 Å². The van der Waals surface area contributed by atoms with Crippen molar-refractivity contribution >= 4 is 17.8 Å². The molecule has 286 valence electrons. The lowest BCUT2D eigenvalue weighted by molar-refractivity contribution is -0.148. The quantitative estimate of drug-likeness (QED) is 0.101. The molecule has 7 rings (SSSR count). The van der Waals surface area contributed by atoms with E-state index < -0.39 is 23.2 Å². The highest BCUT2D eigenvalue weighted by Gasteiger charge is 2.53. The average molecular weight is 731 g/mol. The Labute approximate surface area is 320 Å². The third kappa shape index (κ3) is 8.11. The van der Waals surface area contributed by atoms with Gasteiger partial charge in [0.25, 0.3) is 0 Å². The van der Waals surface area contributed by atoms with Gasteiger partial charge in [-0.3, -0.25) is 4.79 Å². The highest BCUT2D eigenvalue weighted by Crippen LogP contribution is 2.54. The molecule has 3 aromatic rings. The van der Waals surface area contributed by atoms with Crippen LogP contribution in [0, 0.1) is 35.5 Å². The molecule has 6 nitrogen and oxygen atoms in total. The number of aliphatic hydroxyl groups is 3. The van der Waals surface area contributed by atoms with Crippen molar-refractivity contribution in [2.45, 2.75) is 94.8 Å². The van der Waals surface area contributed by atoms with Crippen molar-refractivity contribution in [2.75, 3.05) is 13.2 Å². The van der Waals surface area contributed by atoms with E-state index in [4.69, 9.17) is 0 Å². The Bertz CT molecular complexity index is 1940. The molecule has 0 aliphatic heterocycles. The Balaban J connectivity index is 1.20. The fraction of sp³-hybridized carbons (Fsp3) is 0.479. The summed E-state index contributed by atoms with van der Waals surface area (Å²) in [6, 6.07) is 24.2. The van der Waals surface area contributed by atoms with Crippen LogP contribution in [0.1, 0.15) is 99.7 Å². The van der Waals surface area contributed by atoms with Gasteiger partial charge in [0.15, 0.2) is 0 Å². The number of aliphatic carboxylic acids is 1. The highest BCUT2D eigenvalue weighted by atomic mass is 16.4. The third-order valence-corrected chi connectivity index (χ3v) is 13.6. The first kappa shape index (κ1) is 38.2. The summed E-state index contributed by atoms with van der Waals surface area (Å²) in [4.78, 5) is 13.6. The van der Waals surface area contributed by atoms with Gasteiger partial charge in [-0.05, 0) is 121 Å². The molecule has 2 bridgehead atoms. The summed E-state index contributed by atoms with van der Waals surface area (Å²) in [7, 11) is 0. The first-order valence-electron chi connectivity index (χ1n) is 20.5. The van der Waals surface area contributed by atoms with Crippen molar-refractivity contribution in [3.8, 4) is 5.75 Å². The van der Waals surface area contributed by atoms with Crippen LogP contribution < -0.4 is 10.4 Å². The minimum absolute atomic E-state index is 0.117. The fourth-order valence-corrected chi connectivity index (χ4v) is 10.8. The van der Waals surface area contributed by atoms with Gasteiger partial charge in [-0.25, -0.2) is 0 Å². The van der Waals surface area contributed by atoms with Crippen molar-refractivity contribution < 1.29 is 30.3 Å². The van der Waals surface area contributed by atoms with Gasteiger partial charge in [0.1, 0.15) is 11.5 Å². The van der Waals surface area contributed by atoms with Crippen LogP contribution in [-0.4, -0.2) is 44.7 Å². The number of hydrogen-bond acceptors (Lipinski definition) is 5. The number of fused-ring (bicyclic) bond motifs is 5. The zero-order chi connectivity index (χ0) is 37.7. The van der Waals surface area contributed by atoms with E-state index in [9.17, 15) is 30.3 Å². The van der Waals surface area contributed by atoms with Gasteiger partial charge in [-0.15, -0.1) is 0 Å². The predicted octanol–water partition coefficient (Wildman–Crippen LogP) is 8.09. The van der Waals surface area contributed by atoms with Crippen LogP contribution in [-0.2, 0) is 16.6 Å². The number of carbonyl (C=O) groups is 1. The van der Waals surface area contributed by atoms with E-state index in [0.717, 1.165) is 72.9 Å². The summed E-state index contributed by atoms with van der Waals surface area (Å²) in [6.07, 6.45) is 21.1. The van der Waals surface area contributed by atoms with E-state index in [1.165, 1.54) is 30.4 Å². The van der Waals surface area contributed by atoms with Crippen LogP contribution in [0.4, 0.5) is 0 Å². The van der Waals surface area contributed by atoms with E-state index >= 15 is 0 Å². The van der Waals surface area contributed by atoms with E-state index in [2.05, 4.69) is 54.6 Å². The molecule has 3 aromatic carbocycles. The summed E-state index contributed by atoms with van der Waals surface area (Å²) in [5.41, 5.74) is 3.72. The Morgan fingerprint density at radius 2 is 1.63 bits per heavy atom. The topological polar surface area (TPSA) is 118 Å². The molecule has 0 radical (unpaired) electrons. The largest absolute Gasteiger partial charge is 0.511 e. The van der Waals surface area contributed by atoms with E-state index in [-0.39, 0.29) is 42.6 Å². The second-order valence-corrected chi connectivity index (χ2v) is 16.8. The molecule has 1 fully saturated rings. The Morgan fingerprint density at radius 3 is 2.39 bits per heavy atom. The maximum absolute atomic E-state index is 13.6. The van der Waals surface area contributed by atoms with Gasteiger partial charge in [0.05, 0.1) is 19.1 Å². The maximum atomic E-state index is 13.6. The van der Waals surface area contributed by atoms with Gasteiger partial charge in [-0.1, -0.05) is 111 Å². The number of carboxylic acid groups (broad SMARTS) is 1. The molecule has 1 saturated carbocycles. The summed E-state index contributed by atoms with van der Waals surface area (Å²) >= 11 is 0. The number of hydrogen-bond donors (Lipinski definition) is 5. The molecular formula is C48H58O6. The number of carboxylic acids is 1. The van der Waals surface area contributed by atoms with E-state index in [0.29, 0.717) is 24.5 Å². The number of rotatable bonds is 11. The molecule has 0 saturated heterocycles. The molecule has 8 atom stereocenters. The Morgan fingerprint density at radius 1 is 0.833 bits per heavy atom. The zero-order valence-electron chi connectivity index (χ0n) is 31.5. The molecule has 54 heavy (non-hydrogen) atoms. The molecular weight excluding hydrogens is 673 g/mol. The molecule has 1 spiro atoms. The van der Waals surface area contributed by atoms with Gasteiger partial charge < -0.3 is 25.5 Å². The molecule has 0 heterocycles. The first-order valence-corrected chi connectivity index (χ1v) is 20.5. The maximum Gasteiger partial charge on any atom is 0.308 e. The van der Waals surface area contributed by atoms with Crippen LogP contribution in [0.2, 0.25) is 0 Å². The van der Waals surface area contributed by atoms with Gasteiger partial charge in [-0.2, -0.15) is 0 Å². The third-order valence-electron chi connectivity index (χ3n) is 13.6. The molecule has 0 amide bonds. The number of allylic oxidation sites excluding steroid dienone is 2. The van der Waals surface area contributed by atoms with E-state index in [1.807, 2.05) is 30.3 Å². The lowest BCUT2D eigenvalue weighted by atomic mass is 9.53. The summed E-state index contributed by atoms with van der Waals surface area (Å²) in [5.74, 6) is -0.788. The lowest BCUT2D eigenvalue weighted by Crippen LogP contribution is -2.51. The number of benzene rings is 3. The first-order chi connectivity index (χ1) is 26.3. The van der Waals surface area contributed by atoms with Crippen molar-refractivity contribution in [1.29, 1.82) is 0 Å². The molecule has 0 unspecified atom stereocenters. The predicted molar refractivity (Wildman–Crippen MR) is 214 cm³/mol. The average Bonchev–Trinajstić information content (AvgIpc) is 3.65. The van der Waals surface area contributed by atoms with Crippen LogP contribution >= 0.6 is 0 Å². The number of phenolic OH excluding ortho intramolecular Hbond substituents is 1. The zero-order valence-corrected chi connectivity index (χ0v) is 31.5. The summed E-state index contributed by atoms with van der Waals surface area (Å²) in [6.45, 7) is -0.0795. The normalized spacial score (nSPS) is 29.9. The van der Waals surface area contributed by atoms with Crippen LogP contribution in [0.5, 0.6) is 5.75 Å². The number of aromatic hydroxyl groups is 1. The molecule has 5 N–H and O–H groups in total. The van der Waals surface area contributed by atoms with E-state index in [1.54, 1.807) is 12.1 Å². The molecule has 4 aliphatic carbocycles. The second-order valence-electron chi connectivity index (χ2n) is 16.8. The Kier molecular flexibility index (Phi) is 12.1. The SMILES string of the molecule is O=C(O)[C@H]1[C@H](CO)/C=C/C[C@H](CCCCCC[C@@H]2C=C(CO)CC2)[C@@H](c2ccc(O)cc2)Cc2cccc(c2)[C@]12CC[C@@H]1C=c3ccccc3=C(O)[C@@H]1C2. The van der Waals surface area contributed by atoms with Gasteiger partial charge >= 0.3 is 5.97 Å². The molecule has 6 heteroatoms. The standard InChI is InChI=1S/C48H58O6/c49-30-34-18-17-32(25-34)9-3-1-2-4-11-35-13-8-14-39(31-50)45(47(53)54)48(24-23-38-28-37-12-5-6-16-42(37)46(52)44(38)29-48)40-15-7-10-33(26-40)27-43(35)36-19-21-41(51)22-20-36/h5-8,10,12,14-16,19-22,25-26,28,32,35,38-39,43-45,49-52H,1-4,9,11,13,17-18,23-24,27,29-31H2,(H,53,54)/b14-8+/t32-,35-,38+,39-,43-,44+,45+,48+/m0/s1. The Hall–Kier alpha value is -4.13. The van der Waals surface area contributed by atoms with Crippen LogP contribution in [0.3, 0.4) is 0 Å². The van der Waals surface area contributed by atoms with Gasteiger partial charge in [0, 0.05) is 22.5 Å². The summed E-state index contributed by atoms with van der Waals surface area (Å²) < 4.78 is 0. The van der Waals surface area contributed by atoms with Crippen molar-refractivity contribution in [3.05, 3.63) is 124 Å². The smallest absolute Gasteiger partial charge is 0.308 e. The molecule has 0 aromatic heterocycles. The minimum atomic E-state index is -0.904. The highest BCUT2D eigenvalue weighted by molar-refractivity contribution is 5.74. The summed E-state index contributed by atoms with van der Waals surface area (Å²) in [5, 5.41) is 55.4. The molecule has 4 aliphatic rings. The van der Waals surface area contributed by atoms with Crippen molar-refractivity contribution in [2.24, 2.45) is 35.5 Å². The van der Waals surface area contributed by atoms with Crippen LogP contribution in [0.15, 0.2) is 96.6 Å². The number of unbranched alkanes of at least 4 members (excludes halogenated alkanes) is 3. The fourth-order valence-electron chi connectivity index (χ4n) is 10.8. The minimum Gasteiger partial charge on any atom is -0.511 e.